The maximum Gasteiger partial charge on any atom is 0.308 e. The summed E-state index contributed by atoms with van der Waals surface area (Å²) in [5, 5.41) is 16.6. The Morgan fingerprint density at radius 3 is 2.75 bits per heavy atom. The van der Waals surface area contributed by atoms with Crippen LogP contribution in [0.4, 0.5) is 0 Å². The van der Waals surface area contributed by atoms with E-state index < -0.39 is 11.9 Å². The Kier molecular flexibility index (Phi) is 4.51. The number of hydrogen-bond acceptors (Lipinski definition) is 4. The van der Waals surface area contributed by atoms with E-state index in [4.69, 9.17) is 0 Å². The van der Waals surface area contributed by atoms with Crippen molar-refractivity contribution >= 4 is 17.5 Å². The summed E-state index contributed by atoms with van der Waals surface area (Å²) in [6.45, 7) is 3.77. The Labute approximate surface area is 140 Å². The minimum Gasteiger partial charge on any atom is -0.481 e. The molecule has 0 bridgehead atoms. The quantitative estimate of drug-likeness (QED) is 0.840. The van der Waals surface area contributed by atoms with Crippen LogP contribution in [-0.4, -0.2) is 37.6 Å². The van der Waals surface area contributed by atoms with Crippen LogP contribution in [0.3, 0.4) is 0 Å². The summed E-state index contributed by atoms with van der Waals surface area (Å²) < 4.78 is 1.63. The lowest BCUT2D eigenvalue weighted by molar-refractivity contribution is -0.142. The number of aryl methyl sites for hydroxylation is 2. The summed E-state index contributed by atoms with van der Waals surface area (Å²) in [7, 11) is 0. The second-order valence-electron chi connectivity index (χ2n) is 6.50. The van der Waals surface area contributed by atoms with E-state index >= 15 is 0 Å². The molecule has 24 heavy (non-hydrogen) atoms. The van der Waals surface area contributed by atoms with Crippen LogP contribution in [0.2, 0.25) is 0 Å². The van der Waals surface area contributed by atoms with Crippen molar-refractivity contribution in [3.8, 4) is 0 Å². The molecule has 3 rings (SSSR count). The van der Waals surface area contributed by atoms with Crippen molar-refractivity contribution in [1.29, 1.82) is 0 Å². The van der Waals surface area contributed by atoms with Gasteiger partial charge in [0.05, 0.1) is 12.1 Å². The predicted octanol–water partition coefficient (Wildman–Crippen LogP) is 2.11. The van der Waals surface area contributed by atoms with Crippen LogP contribution in [0.5, 0.6) is 0 Å². The van der Waals surface area contributed by atoms with Gasteiger partial charge in [0.15, 0.2) is 5.65 Å². The van der Waals surface area contributed by atoms with E-state index in [9.17, 15) is 14.7 Å². The van der Waals surface area contributed by atoms with E-state index in [1.807, 2.05) is 19.9 Å². The van der Waals surface area contributed by atoms with Gasteiger partial charge in [0, 0.05) is 17.4 Å². The van der Waals surface area contributed by atoms with E-state index in [1.54, 1.807) is 4.52 Å². The van der Waals surface area contributed by atoms with Gasteiger partial charge in [-0.15, -0.1) is 0 Å². The molecule has 2 aromatic rings. The van der Waals surface area contributed by atoms with Gasteiger partial charge in [0.1, 0.15) is 5.56 Å². The van der Waals surface area contributed by atoms with Crippen LogP contribution in [0, 0.1) is 19.8 Å². The third-order valence-electron chi connectivity index (χ3n) is 4.67. The van der Waals surface area contributed by atoms with E-state index in [1.165, 1.54) is 6.20 Å². The van der Waals surface area contributed by atoms with Crippen LogP contribution < -0.4 is 5.32 Å². The first-order valence-corrected chi connectivity index (χ1v) is 8.33. The number of aliphatic carboxylic acids is 1. The number of aromatic nitrogens is 3. The van der Waals surface area contributed by atoms with Crippen LogP contribution in [0.15, 0.2) is 12.3 Å². The van der Waals surface area contributed by atoms with Gasteiger partial charge >= 0.3 is 5.97 Å². The first kappa shape index (κ1) is 16.4. The molecule has 1 aliphatic rings. The lowest BCUT2D eigenvalue weighted by Gasteiger charge is -2.22. The number of nitrogens with one attached hydrogen (secondary N) is 1. The lowest BCUT2D eigenvalue weighted by atomic mass is 9.94. The van der Waals surface area contributed by atoms with Crippen molar-refractivity contribution in [2.45, 2.75) is 52.0 Å². The molecule has 0 spiro atoms. The number of nitrogens with zero attached hydrogens (tertiary/aromatic N) is 3. The fourth-order valence-electron chi connectivity index (χ4n) is 3.45. The maximum absolute atomic E-state index is 12.7. The van der Waals surface area contributed by atoms with Crippen molar-refractivity contribution in [2.24, 2.45) is 5.92 Å². The molecule has 2 atom stereocenters. The van der Waals surface area contributed by atoms with Crippen LogP contribution in [0.25, 0.3) is 5.65 Å². The van der Waals surface area contributed by atoms with E-state index in [0.29, 0.717) is 24.1 Å². The fourth-order valence-corrected chi connectivity index (χ4v) is 3.45. The van der Waals surface area contributed by atoms with Crippen molar-refractivity contribution in [3.05, 3.63) is 29.2 Å². The molecule has 2 heterocycles. The Hall–Kier alpha value is -2.44. The van der Waals surface area contributed by atoms with Crippen LogP contribution >= 0.6 is 0 Å². The molecule has 1 saturated carbocycles. The Morgan fingerprint density at radius 2 is 2.00 bits per heavy atom. The number of carboxylic acids is 1. The minimum absolute atomic E-state index is 0.305. The largest absolute Gasteiger partial charge is 0.481 e. The van der Waals surface area contributed by atoms with Crippen LogP contribution in [-0.2, 0) is 4.79 Å². The molecule has 2 aromatic heterocycles. The van der Waals surface area contributed by atoms with Gasteiger partial charge in [-0.2, -0.15) is 5.10 Å². The molecule has 1 amide bonds. The number of carbonyl (C=O) groups excluding carboxylic acids is 1. The Balaban J connectivity index is 1.87. The van der Waals surface area contributed by atoms with Crippen molar-refractivity contribution in [1.82, 2.24) is 19.9 Å². The standard InChI is InChI=1S/C17H22N4O3/c1-10-8-11(2)21-15(19-10)13(9-18-21)16(22)20-14-7-5-3-4-6-12(14)17(23)24/h8-9,12,14H,3-7H2,1-2H3,(H,20,22)(H,23,24). The van der Waals surface area contributed by atoms with E-state index in [-0.39, 0.29) is 11.9 Å². The molecule has 128 valence electrons. The molecule has 2 unspecified atom stereocenters. The number of hydrogen-bond donors (Lipinski definition) is 2. The van der Waals surface area contributed by atoms with Gasteiger partial charge in [-0.3, -0.25) is 9.59 Å². The first-order valence-electron chi connectivity index (χ1n) is 8.33. The zero-order chi connectivity index (χ0) is 17.3. The molecule has 7 heteroatoms. The molecular weight excluding hydrogens is 308 g/mol. The smallest absolute Gasteiger partial charge is 0.308 e. The summed E-state index contributed by atoms with van der Waals surface area (Å²) in [5.74, 6) is -1.68. The highest BCUT2D eigenvalue weighted by molar-refractivity contribution is 6.00. The third-order valence-corrected chi connectivity index (χ3v) is 4.67. The molecule has 0 radical (unpaired) electrons. The summed E-state index contributed by atoms with van der Waals surface area (Å²) in [6.07, 6.45) is 5.61. The first-order chi connectivity index (χ1) is 11.5. The van der Waals surface area contributed by atoms with Crippen molar-refractivity contribution in [2.75, 3.05) is 0 Å². The number of amides is 1. The monoisotopic (exact) mass is 330 g/mol. The second-order valence-corrected chi connectivity index (χ2v) is 6.50. The molecule has 2 N–H and O–H groups in total. The fraction of sp³-hybridized carbons (Fsp3) is 0.529. The molecule has 0 aliphatic heterocycles. The van der Waals surface area contributed by atoms with Crippen LogP contribution in [0.1, 0.15) is 53.8 Å². The zero-order valence-corrected chi connectivity index (χ0v) is 14.0. The highest BCUT2D eigenvalue weighted by Gasteiger charge is 2.31. The molecule has 7 nitrogen and oxygen atoms in total. The van der Waals surface area contributed by atoms with Gasteiger partial charge in [0.2, 0.25) is 0 Å². The zero-order valence-electron chi connectivity index (χ0n) is 14.0. The topological polar surface area (TPSA) is 96.6 Å². The normalized spacial score (nSPS) is 21.4. The molecule has 1 aliphatic carbocycles. The van der Waals surface area contributed by atoms with Crippen molar-refractivity contribution in [3.63, 3.8) is 0 Å². The van der Waals surface area contributed by atoms with Gasteiger partial charge < -0.3 is 10.4 Å². The van der Waals surface area contributed by atoms with Gasteiger partial charge in [-0.25, -0.2) is 9.50 Å². The number of carbonyl (C=O) groups is 2. The third kappa shape index (κ3) is 3.11. The second kappa shape index (κ2) is 6.59. The summed E-state index contributed by atoms with van der Waals surface area (Å²) in [6, 6.07) is 1.55. The summed E-state index contributed by atoms with van der Waals surface area (Å²) in [4.78, 5) is 28.6. The highest BCUT2D eigenvalue weighted by Crippen LogP contribution is 2.24. The minimum atomic E-state index is -0.841. The molecule has 1 fully saturated rings. The average Bonchev–Trinajstić information content (AvgIpc) is 2.79. The van der Waals surface area contributed by atoms with Crippen molar-refractivity contribution < 1.29 is 14.7 Å². The lowest BCUT2D eigenvalue weighted by Crippen LogP contribution is -2.42. The van der Waals surface area contributed by atoms with Gasteiger partial charge in [-0.05, 0) is 32.8 Å². The maximum atomic E-state index is 12.7. The average molecular weight is 330 g/mol. The summed E-state index contributed by atoms with van der Waals surface area (Å²) in [5.41, 5.74) is 2.60. The number of rotatable bonds is 3. The Bertz CT molecular complexity index is 783. The van der Waals surface area contributed by atoms with E-state index in [0.717, 1.165) is 30.7 Å². The Morgan fingerprint density at radius 1 is 1.25 bits per heavy atom. The highest BCUT2D eigenvalue weighted by atomic mass is 16.4. The van der Waals surface area contributed by atoms with Gasteiger partial charge in [0.25, 0.3) is 5.91 Å². The summed E-state index contributed by atoms with van der Waals surface area (Å²) >= 11 is 0. The van der Waals surface area contributed by atoms with E-state index in [2.05, 4.69) is 15.4 Å². The van der Waals surface area contributed by atoms with Gasteiger partial charge in [-0.1, -0.05) is 19.3 Å². The number of fused-ring (bicyclic) bond motifs is 1. The molecular formula is C17H22N4O3. The number of carboxylic acid groups (broad SMARTS) is 1. The predicted molar refractivity (Wildman–Crippen MR) is 87.9 cm³/mol. The molecule has 0 saturated heterocycles. The molecule has 0 aromatic carbocycles. The SMILES string of the molecule is Cc1cc(C)n2ncc(C(=O)NC3CCCCCC3C(=O)O)c2n1.